The first-order valence-electron chi connectivity index (χ1n) is 11.3. The van der Waals surface area contributed by atoms with Crippen LogP contribution in [-0.2, 0) is 13.1 Å². The molecule has 2 heterocycles. The molecule has 9 heteroatoms. The number of anilines is 2. The summed E-state index contributed by atoms with van der Waals surface area (Å²) in [6.07, 6.45) is 1.71. The minimum Gasteiger partial charge on any atom is -0.366 e. The third kappa shape index (κ3) is 5.50. The van der Waals surface area contributed by atoms with Crippen LogP contribution in [0.5, 0.6) is 0 Å². The summed E-state index contributed by atoms with van der Waals surface area (Å²) in [5, 5.41) is 14.3. The van der Waals surface area contributed by atoms with Gasteiger partial charge in [0.1, 0.15) is 5.82 Å². The summed E-state index contributed by atoms with van der Waals surface area (Å²) >= 11 is 9.96. The summed E-state index contributed by atoms with van der Waals surface area (Å²) in [5.41, 5.74) is 4.99. The largest absolute Gasteiger partial charge is 0.366 e. The van der Waals surface area contributed by atoms with Gasteiger partial charge in [0.05, 0.1) is 16.4 Å². The van der Waals surface area contributed by atoms with Gasteiger partial charge in [-0.05, 0) is 45.3 Å². The van der Waals surface area contributed by atoms with Gasteiger partial charge in [-0.25, -0.2) is 9.78 Å². The van der Waals surface area contributed by atoms with E-state index >= 15 is 0 Å². The third-order valence-corrected chi connectivity index (χ3v) is 6.42. The lowest BCUT2D eigenvalue weighted by atomic mass is 10.1. The van der Waals surface area contributed by atoms with Gasteiger partial charge in [0, 0.05) is 35.4 Å². The Morgan fingerprint density at radius 3 is 2.53 bits per heavy atom. The van der Waals surface area contributed by atoms with Gasteiger partial charge < -0.3 is 16.0 Å². The molecule has 0 radical (unpaired) electrons. The van der Waals surface area contributed by atoms with Crippen LogP contribution in [0.3, 0.4) is 0 Å². The van der Waals surface area contributed by atoms with Crippen LogP contribution < -0.4 is 16.0 Å². The number of nitrogens with zero attached hydrogens (tertiary/aromatic N) is 3. The Hall–Kier alpha value is -3.88. The summed E-state index contributed by atoms with van der Waals surface area (Å²) < 4.78 is 2.52. The van der Waals surface area contributed by atoms with E-state index in [1.807, 2.05) is 84.9 Å². The molecule has 7 nitrogen and oxygen atoms in total. The van der Waals surface area contributed by atoms with Crippen LogP contribution in [-0.4, -0.2) is 20.6 Å². The van der Waals surface area contributed by atoms with E-state index in [2.05, 4.69) is 37.0 Å². The number of rotatable bonds is 7. The van der Waals surface area contributed by atoms with Crippen molar-refractivity contribution >= 4 is 50.7 Å². The summed E-state index contributed by atoms with van der Waals surface area (Å²) in [7, 11) is 0. The van der Waals surface area contributed by atoms with Gasteiger partial charge >= 0.3 is 6.03 Å². The Morgan fingerprint density at radius 1 is 0.917 bits per heavy atom. The maximum atomic E-state index is 12.4. The zero-order valence-corrected chi connectivity index (χ0v) is 21.4. The predicted octanol–water partition coefficient (Wildman–Crippen LogP) is 6.75. The van der Waals surface area contributed by atoms with E-state index in [0.717, 1.165) is 32.7 Å². The SMILES string of the molecule is O=C(NCc1ccccc1)Nc1cccc(CNc2cc(-c3ccccc3Cl)nc3c(Br)cnn23)c1. The number of urea groups is 1. The molecule has 3 N–H and O–H groups in total. The summed E-state index contributed by atoms with van der Waals surface area (Å²) in [6, 6.07) is 26.7. The molecule has 0 saturated heterocycles. The van der Waals surface area contributed by atoms with Crippen LogP contribution in [0.15, 0.2) is 95.6 Å². The maximum Gasteiger partial charge on any atom is 0.319 e. The van der Waals surface area contributed by atoms with Crippen molar-refractivity contribution in [3.05, 3.63) is 112 Å². The molecule has 0 aliphatic rings. The second kappa shape index (κ2) is 10.8. The van der Waals surface area contributed by atoms with E-state index in [1.165, 1.54) is 0 Å². The fourth-order valence-corrected chi connectivity index (χ4v) is 4.35. The van der Waals surface area contributed by atoms with Gasteiger partial charge in [-0.2, -0.15) is 9.61 Å². The van der Waals surface area contributed by atoms with Gasteiger partial charge in [0.15, 0.2) is 5.65 Å². The number of hydrogen-bond donors (Lipinski definition) is 3. The molecule has 2 aromatic heterocycles. The topological polar surface area (TPSA) is 83.4 Å². The van der Waals surface area contributed by atoms with E-state index in [1.54, 1.807) is 10.7 Å². The smallest absolute Gasteiger partial charge is 0.319 e. The van der Waals surface area contributed by atoms with Crippen molar-refractivity contribution < 1.29 is 4.79 Å². The van der Waals surface area contributed by atoms with Gasteiger partial charge in [0.25, 0.3) is 0 Å². The highest BCUT2D eigenvalue weighted by molar-refractivity contribution is 9.10. The van der Waals surface area contributed by atoms with Crippen LogP contribution in [0, 0.1) is 0 Å². The predicted molar refractivity (Wildman–Crippen MR) is 147 cm³/mol. The lowest BCUT2D eigenvalue weighted by molar-refractivity contribution is 0.251. The van der Waals surface area contributed by atoms with Crippen molar-refractivity contribution in [3.63, 3.8) is 0 Å². The van der Waals surface area contributed by atoms with E-state index in [4.69, 9.17) is 16.6 Å². The molecule has 0 aliphatic heterocycles. The van der Waals surface area contributed by atoms with Crippen molar-refractivity contribution in [2.24, 2.45) is 0 Å². The molecule has 5 aromatic rings. The molecule has 0 unspecified atom stereocenters. The van der Waals surface area contributed by atoms with Crippen molar-refractivity contribution in [3.8, 4) is 11.3 Å². The Balaban J connectivity index is 1.30. The highest BCUT2D eigenvalue weighted by Crippen LogP contribution is 2.30. The first-order valence-corrected chi connectivity index (χ1v) is 12.4. The van der Waals surface area contributed by atoms with Gasteiger partial charge in [-0.1, -0.05) is 72.3 Å². The van der Waals surface area contributed by atoms with Crippen LogP contribution >= 0.6 is 27.5 Å². The molecule has 2 amide bonds. The Labute approximate surface area is 221 Å². The van der Waals surface area contributed by atoms with Crippen LogP contribution in [0.4, 0.5) is 16.3 Å². The normalized spacial score (nSPS) is 10.8. The van der Waals surface area contributed by atoms with Crippen molar-refractivity contribution in [2.45, 2.75) is 13.1 Å². The van der Waals surface area contributed by atoms with E-state index in [9.17, 15) is 4.79 Å². The minimum atomic E-state index is -0.259. The quantitative estimate of drug-likeness (QED) is 0.205. The van der Waals surface area contributed by atoms with Gasteiger partial charge in [-0.3, -0.25) is 0 Å². The molecule has 36 heavy (non-hydrogen) atoms. The fraction of sp³-hybridized carbons (Fsp3) is 0.0741. The molecule has 0 saturated carbocycles. The Morgan fingerprint density at radius 2 is 1.69 bits per heavy atom. The molecule has 3 aromatic carbocycles. The summed E-state index contributed by atoms with van der Waals surface area (Å²) in [6.45, 7) is 0.971. The molecule has 0 aliphatic carbocycles. The number of benzene rings is 3. The number of carbonyl (C=O) groups excluding carboxylic acids is 1. The number of aromatic nitrogens is 3. The number of hydrogen-bond acceptors (Lipinski definition) is 4. The maximum absolute atomic E-state index is 12.4. The molecular formula is C27H22BrClN6O. The zero-order valence-electron chi connectivity index (χ0n) is 19.1. The van der Waals surface area contributed by atoms with E-state index < -0.39 is 0 Å². The molecule has 0 atom stereocenters. The van der Waals surface area contributed by atoms with E-state index in [-0.39, 0.29) is 6.03 Å². The number of nitrogens with one attached hydrogen (secondary N) is 3. The molecular weight excluding hydrogens is 540 g/mol. The van der Waals surface area contributed by atoms with Crippen molar-refractivity contribution in [2.75, 3.05) is 10.6 Å². The van der Waals surface area contributed by atoms with Gasteiger partial charge in [-0.15, -0.1) is 0 Å². The first-order chi connectivity index (χ1) is 17.6. The Bertz CT molecular complexity index is 1520. The lowest BCUT2D eigenvalue weighted by Gasteiger charge is -2.13. The highest BCUT2D eigenvalue weighted by atomic mass is 79.9. The molecule has 5 rings (SSSR count). The van der Waals surface area contributed by atoms with E-state index in [0.29, 0.717) is 29.4 Å². The lowest BCUT2D eigenvalue weighted by Crippen LogP contribution is -2.28. The second-order valence-corrected chi connectivity index (χ2v) is 9.34. The van der Waals surface area contributed by atoms with Crippen molar-refractivity contribution in [1.82, 2.24) is 19.9 Å². The summed E-state index contributed by atoms with van der Waals surface area (Å²) in [5.74, 6) is 0.764. The summed E-state index contributed by atoms with van der Waals surface area (Å²) in [4.78, 5) is 17.1. The third-order valence-electron chi connectivity index (χ3n) is 5.53. The number of halogens is 2. The van der Waals surface area contributed by atoms with Gasteiger partial charge in [0.2, 0.25) is 0 Å². The molecule has 180 valence electrons. The van der Waals surface area contributed by atoms with Crippen LogP contribution in [0.2, 0.25) is 5.02 Å². The molecule has 0 fully saturated rings. The monoisotopic (exact) mass is 560 g/mol. The minimum absolute atomic E-state index is 0.259. The average Bonchev–Trinajstić information content (AvgIpc) is 3.28. The standard InChI is InChI=1S/C27H22BrClN6O/c28-22-17-32-35-25(14-24(34-26(22)35)21-11-4-5-12-23(21)29)30-16-19-9-6-10-20(13-19)33-27(36)31-15-18-7-2-1-3-8-18/h1-14,17,30H,15-16H2,(H2,31,33,36). The van der Waals surface area contributed by atoms with Crippen LogP contribution in [0.1, 0.15) is 11.1 Å². The Kier molecular flexibility index (Phi) is 7.16. The van der Waals surface area contributed by atoms with Crippen LogP contribution in [0.25, 0.3) is 16.9 Å². The fourth-order valence-electron chi connectivity index (χ4n) is 3.77. The second-order valence-electron chi connectivity index (χ2n) is 8.08. The average molecular weight is 562 g/mol. The highest BCUT2D eigenvalue weighted by Gasteiger charge is 2.13. The number of fused-ring (bicyclic) bond motifs is 1. The molecule has 0 spiro atoms. The zero-order chi connectivity index (χ0) is 24.9. The molecule has 0 bridgehead atoms. The first kappa shape index (κ1) is 23.8. The number of carbonyl (C=O) groups is 1. The number of amides is 2. The van der Waals surface area contributed by atoms with Crippen molar-refractivity contribution in [1.29, 1.82) is 0 Å².